The molecule has 0 saturated heterocycles. The summed E-state index contributed by atoms with van der Waals surface area (Å²) in [4.78, 5) is 0. The second-order valence-electron chi connectivity index (χ2n) is 11.2. The summed E-state index contributed by atoms with van der Waals surface area (Å²) >= 11 is 10.1. The molecule has 0 spiro atoms. The summed E-state index contributed by atoms with van der Waals surface area (Å²) in [5.74, 6) is 0. The molecule has 6 aromatic carbocycles. The quantitative estimate of drug-likeness (QED) is 0.186. The molecule has 0 atom stereocenters. The van der Waals surface area contributed by atoms with Gasteiger partial charge in [-0.15, -0.1) is 0 Å². The van der Waals surface area contributed by atoms with Gasteiger partial charge in [0.2, 0.25) is 0 Å². The van der Waals surface area contributed by atoms with E-state index in [2.05, 4.69) is 151 Å². The standard InChI is InChI=1S/C39H28BrCl/c1-39(2)32-16-10-9-15-31(32)37-35(25-11-5-3-6-12-25)33(28-19-23-30(41)24-20-28)34(27-17-21-29(40)22-18-27)36(38(37)39)26-13-7-4-8-14-26/h3-24H,1-2H3. The molecule has 0 nitrogen and oxygen atoms in total. The van der Waals surface area contributed by atoms with Crippen molar-refractivity contribution in [2.45, 2.75) is 19.3 Å². The van der Waals surface area contributed by atoms with E-state index in [-0.39, 0.29) is 5.41 Å². The van der Waals surface area contributed by atoms with Crippen LogP contribution in [0.3, 0.4) is 0 Å². The highest BCUT2D eigenvalue weighted by molar-refractivity contribution is 9.10. The Morgan fingerprint density at radius 2 is 0.902 bits per heavy atom. The van der Waals surface area contributed by atoms with Crippen molar-refractivity contribution >= 4 is 27.5 Å². The van der Waals surface area contributed by atoms with Crippen LogP contribution < -0.4 is 0 Å². The molecule has 0 unspecified atom stereocenters. The van der Waals surface area contributed by atoms with Crippen LogP contribution in [0.2, 0.25) is 5.02 Å². The van der Waals surface area contributed by atoms with E-state index < -0.39 is 0 Å². The van der Waals surface area contributed by atoms with Crippen LogP contribution in [0.1, 0.15) is 25.0 Å². The van der Waals surface area contributed by atoms with E-state index in [1.54, 1.807) is 0 Å². The maximum Gasteiger partial charge on any atom is 0.0406 e. The SMILES string of the molecule is CC1(C)c2ccccc2-c2c(-c3ccccc3)c(-c3ccc(Cl)cc3)c(-c3ccc(Br)cc3)c(-c3ccccc3)c21. The molecular formula is C39H28BrCl. The highest BCUT2D eigenvalue weighted by Crippen LogP contribution is 2.61. The highest BCUT2D eigenvalue weighted by atomic mass is 79.9. The minimum atomic E-state index is -0.205. The first-order chi connectivity index (χ1) is 19.9. The third-order valence-electron chi connectivity index (χ3n) is 8.39. The van der Waals surface area contributed by atoms with E-state index in [1.807, 2.05) is 12.1 Å². The highest BCUT2D eigenvalue weighted by Gasteiger charge is 2.42. The number of benzene rings is 6. The predicted molar refractivity (Wildman–Crippen MR) is 178 cm³/mol. The molecule has 2 heteroatoms. The zero-order chi connectivity index (χ0) is 28.1. The zero-order valence-electron chi connectivity index (χ0n) is 23.0. The van der Waals surface area contributed by atoms with Crippen LogP contribution in [0.25, 0.3) is 55.6 Å². The Morgan fingerprint density at radius 3 is 1.51 bits per heavy atom. The number of rotatable bonds is 4. The first kappa shape index (κ1) is 26.0. The van der Waals surface area contributed by atoms with Gasteiger partial charge >= 0.3 is 0 Å². The van der Waals surface area contributed by atoms with E-state index in [0.29, 0.717) is 0 Å². The molecule has 198 valence electrons. The molecule has 41 heavy (non-hydrogen) atoms. The summed E-state index contributed by atoms with van der Waals surface area (Å²) < 4.78 is 1.06. The Kier molecular flexibility index (Phi) is 6.46. The lowest BCUT2D eigenvalue weighted by atomic mass is 9.72. The first-order valence-corrected chi connectivity index (χ1v) is 15.1. The number of fused-ring (bicyclic) bond motifs is 3. The largest absolute Gasteiger partial charge is 0.0843 e. The predicted octanol–water partition coefficient (Wildman–Crippen LogP) is 12.1. The van der Waals surface area contributed by atoms with Crippen LogP contribution in [0.4, 0.5) is 0 Å². The summed E-state index contributed by atoms with van der Waals surface area (Å²) in [6, 6.07) is 47.8. The monoisotopic (exact) mass is 610 g/mol. The number of hydrogen-bond donors (Lipinski definition) is 0. The van der Waals surface area contributed by atoms with Gasteiger partial charge in [-0.05, 0) is 91.0 Å². The smallest absolute Gasteiger partial charge is 0.0406 e. The minimum Gasteiger partial charge on any atom is -0.0843 e. The molecule has 6 aromatic rings. The summed E-state index contributed by atoms with van der Waals surface area (Å²) in [6.45, 7) is 4.76. The molecule has 0 aromatic heterocycles. The minimum absolute atomic E-state index is 0.205. The summed E-state index contributed by atoms with van der Waals surface area (Å²) in [5, 5.41) is 0.733. The van der Waals surface area contributed by atoms with Crippen molar-refractivity contribution < 1.29 is 0 Å². The van der Waals surface area contributed by atoms with Gasteiger partial charge in [-0.3, -0.25) is 0 Å². The van der Waals surface area contributed by atoms with Gasteiger partial charge in [-0.1, -0.05) is 151 Å². The van der Waals surface area contributed by atoms with Crippen LogP contribution in [0.15, 0.2) is 138 Å². The van der Waals surface area contributed by atoms with Crippen LogP contribution in [0.5, 0.6) is 0 Å². The fraction of sp³-hybridized carbons (Fsp3) is 0.0769. The van der Waals surface area contributed by atoms with Gasteiger partial charge in [-0.25, -0.2) is 0 Å². The molecule has 0 radical (unpaired) electrons. The van der Waals surface area contributed by atoms with E-state index in [1.165, 1.54) is 61.2 Å². The van der Waals surface area contributed by atoms with Gasteiger partial charge in [0.25, 0.3) is 0 Å². The third-order valence-corrected chi connectivity index (χ3v) is 9.17. The van der Waals surface area contributed by atoms with Crippen LogP contribution in [-0.2, 0) is 5.41 Å². The lowest BCUT2D eigenvalue weighted by Gasteiger charge is -2.30. The average molecular weight is 612 g/mol. The van der Waals surface area contributed by atoms with Gasteiger partial charge in [0.15, 0.2) is 0 Å². The van der Waals surface area contributed by atoms with E-state index in [9.17, 15) is 0 Å². The van der Waals surface area contributed by atoms with Gasteiger partial charge in [-0.2, -0.15) is 0 Å². The van der Waals surface area contributed by atoms with Gasteiger partial charge in [0.05, 0.1) is 0 Å². The number of hydrogen-bond acceptors (Lipinski definition) is 0. The molecule has 0 amide bonds. The molecule has 0 saturated carbocycles. The van der Waals surface area contributed by atoms with Crippen molar-refractivity contribution in [1.29, 1.82) is 0 Å². The molecular weight excluding hydrogens is 584 g/mol. The van der Waals surface area contributed by atoms with Crippen molar-refractivity contribution in [3.8, 4) is 55.6 Å². The van der Waals surface area contributed by atoms with Crippen molar-refractivity contribution in [3.63, 3.8) is 0 Å². The topological polar surface area (TPSA) is 0 Å². The van der Waals surface area contributed by atoms with Crippen LogP contribution in [0, 0.1) is 0 Å². The fourth-order valence-electron chi connectivity index (χ4n) is 6.62. The molecule has 0 bridgehead atoms. The first-order valence-electron chi connectivity index (χ1n) is 13.9. The average Bonchev–Trinajstić information content (AvgIpc) is 3.24. The summed E-state index contributed by atoms with van der Waals surface area (Å²) in [7, 11) is 0. The third kappa shape index (κ3) is 4.27. The molecule has 1 aliphatic carbocycles. The second-order valence-corrected chi connectivity index (χ2v) is 12.5. The van der Waals surface area contributed by atoms with Crippen molar-refractivity contribution in [1.82, 2.24) is 0 Å². The second kappa shape index (κ2) is 10.2. The van der Waals surface area contributed by atoms with E-state index in [4.69, 9.17) is 11.6 Å². The Morgan fingerprint density at radius 1 is 0.463 bits per heavy atom. The van der Waals surface area contributed by atoms with Gasteiger partial charge < -0.3 is 0 Å². The van der Waals surface area contributed by atoms with E-state index >= 15 is 0 Å². The van der Waals surface area contributed by atoms with E-state index in [0.717, 1.165) is 15.1 Å². The Balaban J connectivity index is 1.78. The lowest BCUT2D eigenvalue weighted by Crippen LogP contribution is -2.17. The maximum atomic E-state index is 6.45. The Hall–Kier alpha value is -3.91. The van der Waals surface area contributed by atoms with Crippen molar-refractivity contribution in [3.05, 3.63) is 154 Å². The lowest BCUT2D eigenvalue weighted by molar-refractivity contribution is 0.662. The molecule has 0 heterocycles. The molecule has 7 rings (SSSR count). The zero-order valence-corrected chi connectivity index (χ0v) is 25.3. The number of halogens is 2. The fourth-order valence-corrected chi connectivity index (χ4v) is 7.01. The van der Waals surface area contributed by atoms with Crippen molar-refractivity contribution in [2.24, 2.45) is 0 Å². The Bertz CT molecular complexity index is 1890. The molecule has 0 N–H and O–H groups in total. The molecule has 1 aliphatic rings. The summed E-state index contributed by atoms with van der Waals surface area (Å²) in [6.07, 6.45) is 0. The van der Waals surface area contributed by atoms with Gasteiger partial charge in [0, 0.05) is 14.9 Å². The van der Waals surface area contributed by atoms with Gasteiger partial charge in [0.1, 0.15) is 0 Å². The molecule has 0 aliphatic heterocycles. The Labute approximate surface area is 255 Å². The molecule has 0 fully saturated rings. The van der Waals surface area contributed by atoms with Crippen molar-refractivity contribution in [2.75, 3.05) is 0 Å². The van der Waals surface area contributed by atoms with Crippen LogP contribution in [-0.4, -0.2) is 0 Å². The van der Waals surface area contributed by atoms with Crippen LogP contribution >= 0.6 is 27.5 Å². The summed E-state index contributed by atoms with van der Waals surface area (Å²) in [5.41, 5.74) is 14.9. The normalized spacial score (nSPS) is 13.1. The maximum absolute atomic E-state index is 6.45.